The van der Waals surface area contributed by atoms with E-state index in [1.807, 2.05) is 42.5 Å². The highest BCUT2D eigenvalue weighted by Crippen LogP contribution is 2.29. The number of hydrogen-bond donors (Lipinski definition) is 2. The zero-order chi connectivity index (χ0) is 20.1. The second-order valence-corrected chi connectivity index (χ2v) is 7.79. The molecular formula is C21H24ClN3O2S. The number of nitrogens with zero attached hydrogens (tertiary/aromatic N) is 1. The van der Waals surface area contributed by atoms with Gasteiger partial charge in [-0.25, -0.2) is 0 Å². The van der Waals surface area contributed by atoms with Gasteiger partial charge in [0.1, 0.15) is 0 Å². The minimum absolute atomic E-state index is 0.231. The molecule has 1 amide bonds. The number of hydrogen-bond acceptors (Lipinski definition) is 4. The topological polar surface area (TPSA) is 53.6 Å². The van der Waals surface area contributed by atoms with E-state index in [-0.39, 0.29) is 11.0 Å². The molecule has 0 aliphatic carbocycles. The van der Waals surface area contributed by atoms with Crippen molar-refractivity contribution in [2.45, 2.75) is 19.8 Å². The average molecular weight is 418 g/mol. The van der Waals surface area contributed by atoms with Gasteiger partial charge in [0.05, 0.1) is 24.6 Å². The molecule has 1 saturated heterocycles. The highest BCUT2D eigenvalue weighted by Gasteiger charge is 2.17. The summed E-state index contributed by atoms with van der Waals surface area (Å²) in [5, 5.41) is 6.68. The fourth-order valence-electron chi connectivity index (χ4n) is 3.04. The van der Waals surface area contributed by atoms with Crippen LogP contribution in [-0.4, -0.2) is 37.3 Å². The first-order chi connectivity index (χ1) is 13.4. The zero-order valence-corrected chi connectivity index (χ0v) is 17.6. The summed E-state index contributed by atoms with van der Waals surface area (Å²) in [6.45, 7) is 7.16. The monoisotopic (exact) mass is 417 g/mol. The molecule has 0 aromatic heterocycles. The number of carbonyl (C=O) groups is 1. The fraction of sp³-hybridized carbons (Fsp3) is 0.333. The van der Waals surface area contributed by atoms with E-state index in [2.05, 4.69) is 29.4 Å². The molecule has 3 rings (SSSR count). The molecule has 0 bridgehead atoms. The van der Waals surface area contributed by atoms with E-state index in [0.717, 1.165) is 24.5 Å². The van der Waals surface area contributed by atoms with Crippen LogP contribution < -0.4 is 15.5 Å². The van der Waals surface area contributed by atoms with E-state index < -0.39 is 0 Å². The van der Waals surface area contributed by atoms with Crippen molar-refractivity contribution in [2.75, 3.05) is 36.5 Å². The number of benzene rings is 2. The lowest BCUT2D eigenvalue weighted by Gasteiger charge is -2.30. The van der Waals surface area contributed by atoms with Crippen LogP contribution in [-0.2, 0) is 4.74 Å². The number of ether oxygens (including phenoxy) is 1. The van der Waals surface area contributed by atoms with Gasteiger partial charge in [0, 0.05) is 23.7 Å². The van der Waals surface area contributed by atoms with Gasteiger partial charge in [0.25, 0.3) is 5.91 Å². The van der Waals surface area contributed by atoms with Crippen LogP contribution >= 0.6 is 23.8 Å². The molecule has 148 valence electrons. The van der Waals surface area contributed by atoms with E-state index in [1.165, 1.54) is 5.56 Å². The normalized spacial score (nSPS) is 14.1. The highest BCUT2D eigenvalue weighted by molar-refractivity contribution is 7.80. The van der Waals surface area contributed by atoms with Gasteiger partial charge < -0.3 is 15.0 Å². The molecule has 0 radical (unpaired) electrons. The number of carbonyl (C=O) groups excluding carboxylic acids is 1. The van der Waals surface area contributed by atoms with Crippen LogP contribution in [0.25, 0.3) is 0 Å². The van der Waals surface area contributed by atoms with Gasteiger partial charge in [0.2, 0.25) is 0 Å². The number of amides is 1. The van der Waals surface area contributed by atoms with Gasteiger partial charge >= 0.3 is 0 Å². The Kier molecular flexibility index (Phi) is 6.88. The molecule has 0 saturated carbocycles. The second-order valence-electron chi connectivity index (χ2n) is 6.95. The van der Waals surface area contributed by atoms with Crippen molar-refractivity contribution in [1.29, 1.82) is 0 Å². The molecule has 28 heavy (non-hydrogen) atoms. The van der Waals surface area contributed by atoms with Crippen molar-refractivity contribution < 1.29 is 9.53 Å². The van der Waals surface area contributed by atoms with Gasteiger partial charge in [-0.05, 0) is 54.0 Å². The van der Waals surface area contributed by atoms with Crippen molar-refractivity contribution in [2.24, 2.45) is 0 Å². The number of morpholine rings is 1. The molecule has 1 aliphatic heterocycles. The average Bonchev–Trinajstić information content (AvgIpc) is 2.68. The summed E-state index contributed by atoms with van der Waals surface area (Å²) >= 11 is 11.5. The van der Waals surface area contributed by atoms with E-state index in [9.17, 15) is 4.79 Å². The lowest BCUT2D eigenvalue weighted by atomic mass is 10.0. The van der Waals surface area contributed by atoms with Crippen LogP contribution in [0.5, 0.6) is 0 Å². The Hall–Kier alpha value is -2.15. The summed E-state index contributed by atoms with van der Waals surface area (Å²) in [5.41, 5.74) is 3.49. The Morgan fingerprint density at radius 3 is 2.46 bits per heavy atom. The predicted molar refractivity (Wildman–Crippen MR) is 119 cm³/mol. The van der Waals surface area contributed by atoms with Crippen LogP contribution in [0, 0.1) is 0 Å². The molecule has 2 aromatic rings. The molecule has 0 atom stereocenters. The Morgan fingerprint density at radius 1 is 1.14 bits per heavy atom. The molecule has 0 unspecified atom stereocenters. The van der Waals surface area contributed by atoms with E-state index >= 15 is 0 Å². The third-order valence-electron chi connectivity index (χ3n) is 4.63. The Bertz CT molecular complexity index is 849. The van der Waals surface area contributed by atoms with Gasteiger partial charge in [-0.1, -0.05) is 37.6 Å². The zero-order valence-electron chi connectivity index (χ0n) is 16.0. The molecular weight excluding hydrogens is 394 g/mol. The van der Waals surface area contributed by atoms with Crippen molar-refractivity contribution >= 4 is 46.2 Å². The molecule has 5 nitrogen and oxygen atoms in total. The van der Waals surface area contributed by atoms with E-state index in [0.29, 0.717) is 29.7 Å². The number of rotatable bonds is 4. The second kappa shape index (κ2) is 9.37. The number of anilines is 2. The minimum atomic E-state index is -0.247. The predicted octanol–water partition coefficient (Wildman–Crippen LogP) is 4.43. The van der Waals surface area contributed by atoms with Crippen molar-refractivity contribution in [3.63, 3.8) is 0 Å². The Labute approximate surface area is 176 Å². The van der Waals surface area contributed by atoms with Gasteiger partial charge in [0.15, 0.2) is 5.11 Å². The molecule has 2 N–H and O–H groups in total. The van der Waals surface area contributed by atoms with Crippen LogP contribution in [0.4, 0.5) is 11.4 Å². The maximum atomic E-state index is 12.5. The minimum Gasteiger partial charge on any atom is -0.378 e. The quantitative estimate of drug-likeness (QED) is 0.721. The van der Waals surface area contributed by atoms with Crippen molar-refractivity contribution in [3.05, 3.63) is 58.6 Å². The van der Waals surface area contributed by atoms with Crippen LogP contribution in [0.15, 0.2) is 42.5 Å². The molecule has 2 aromatic carbocycles. The number of nitrogens with one attached hydrogen (secondary N) is 2. The summed E-state index contributed by atoms with van der Waals surface area (Å²) in [4.78, 5) is 14.7. The summed E-state index contributed by atoms with van der Waals surface area (Å²) in [7, 11) is 0. The van der Waals surface area contributed by atoms with Gasteiger partial charge in [-0.3, -0.25) is 10.1 Å². The lowest BCUT2D eigenvalue weighted by molar-refractivity contribution is 0.0977. The van der Waals surface area contributed by atoms with Crippen LogP contribution in [0.1, 0.15) is 35.7 Å². The van der Waals surface area contributed by atoms with Gasteiger partial charge in [-0.2, -0.15) is 0 Å². The molecule has 7 heteroatoms. The van der Waals surface area contributed by atoms with Gasteiger partial charge in [-0.15, -0.1) is 0 Å². The fourth-order valence-corrected chi connectivity index (χ4v) is 3.41. The summed E-state index contributed by atoms with van der Waals surface area (Å²) in [5.74, 6) is 0.170. The molecule has 1 heterocycles. The summed E-state index contributed by atoms with van der Waals surface area (Å²) < 4.78 is 5.42. The lowest BCUT2D eigenvalue weighted by Crippen LogP contribution is -2.38. The maximum absolute atomic E-state index is 12.5. The summed E-state index contributed by atoms with van der Waals surface area (Å²) in [6, 6.07) is 13.1. The first-order valence-electron chi connectivity index (χ1n) is 9.28. The van der Waals surface area contributed by atoms with Crippen molar-refractivity contribution in [3.8, 4) is 0 Å². The van der Waals surface area contributed by atoms with E-state index in [1.54, 1.807) is 0 Å². The van der Waals surface area contributed by atoms with E-state index in [4.69, 9.17) is 28.6 Å². The number of halogens is 1. The first kappa shape index (κ1) is 20.6. The summed E-state index contributed by atoms with van der Waals surface area (Å²) in [6.07, 6.45) is 0. The smallest absolute Gasteiger partial charge is 0.257 e. The number of thiocarbonyl (C=S) groups is 1. The third kappa shape index (κ3) is 5.22. The highest BCUT2D eigenvalue weighted by atomic mass is 35.5. The Balaban J connectivity index is 1.68. The largest absolute Gasteiger partial charge is 0.378 e. The van der Waals surface area contributed by atoms with Crippen LogP contribution in [0.2, 0.25) is 5.02 Å². The first-order valence-corrected chi connectivity index (χ1v) is 10.1. The molecule has 0 spiro atoms. The SMILES string of the molecule is CC(C)c1ccc(C(=O)NC(=S)Nc2cc(Cl)ccc2N2CCOCC2)cc1. The Morgan fingerprint density at radius 2 is 1.82 bits per heavy atom. The van der Waals surface area contributed by atoms with Crippen molar-refractivity contribution in [1.82, 2.24) is 5.32 Å². The maximum Gasteiger partial charge on any atom is 0.257 e. The molecule has 1 aliphatic rings. The van der Waals surface area contributed by atoms with Crippen LogP contribution in [0.3, 0.4) is 0 Å². The molecule has 1 fully saturated rings. The standard InChI is InChI=1S/C21H24ClN3O2S/c1-14(2)15-3-5-16(6-4-15)20(26)24-21(28)23-18-13-17(22)7-8-19(18)25-9-11-27-12-10-25/h3-8,13-14H,9-12H2,1-2H3,(H2,23,24,26,28). The third-order valence-corrected chi connectivity index (χ3v) is 5.06.